The van der Waals surface area contributed by atoms with Crippen LogP contribution in [-0.2, 0) is 11.3 Å². The Hall–Kier alpha value is -1.69. The summed E-state index contributed by atoms with van der Waals surface area (Å²) >= 11 is 0. The highest BCUT2D eigenvalue weighted by molar-refractivity contribution is 5.85. The van der Waals surface area contributed by atoms with Crippen LogP contribution < -0.4 is 11.1 Å². The highest BCUT2D eigenvalue weighted by atomic mass is 35.5. The summed E-state index contributed by atoms with van der Waals surface area (Å²) < 4.78 is 0. The van der Waals surface area contributed by atoms with Gasteiger partial charge in [-0.15, -0.1) is 12.4 Å². The summed E-state index contributed by atoms with van der Waals surface area (Å²) in [6, 6.07) is 10.3. The second kappa shape index (κ2) is 8.97. The lowest BCUT2D eigenvalue weighted by Gasteiger charge is -2.32. The van der Waals surface area contributed by atoms with Gasteiger partial charge in [-0.1, -0.05) is 18.2 Å². The van der Waals surface area contributed by atoms with Crippen LogP contribution in [0.4, 0.5) is 0 Å². The number of hydrogen-bond acceptors (Lipinski definition) is 4. The number of amides is 1. The maximum Gasteiger partial charge on any atom is 0.224 e. The number of rotatable bonds is 5. The Bertz CT molecular complexity index is 679. The van der Waals surface area contributed by atoms with Gasteiger partial charge >= 0.3 is 0 Å². The fraction of sp³-hybridized carbons (Fsp3) is 0.444. The first-order valence-electron chi connectivity index (χ1n) is 8.30. The molecule has 2 aromatic rings. The van der Waals surface area contributed by atoms with Crippen molar-refractivity contribution in [2.45, 2.75) is 19.4 Å². The molecule has 1 aliphatic rings. The number of pyridine rings is 1. The second-order valence-corrected chi connectivity index (χ2v) is 6.19. The number of piperidine rings is 1. The Balaban J connectivity index is 0.00000208. The smallest absolute Gasteiger partial charge is 0.224 e. The molecule has 0 bridgehead atoms. The number of carbonyl (C=O) groups excluding carboxylic acids is 1. The van der Waals surface area contributed by atoms with Crippen molar-refractivity contribution in [2.24, 2.45) is 11.7 Å². The lowest BCUT2D eigenvalue weighted by Crippen LogP contribution is -2.43. The quantitative estimate of drug-likeness (QED) is 0.866. The Morgan fingerprint density at radius 2 is 2.21 bits per heavy atom. The highest BCUT2D eigenvalue weighted by Gasteiger charge is 2.25. The molecular formula is C18H25ClN4O. The van der Waals surface area contributed by atoms with Gasteiger partial charge in [0.1, 0.15) is 0 Å². The zero-order valence-corrected chi connectivity index (χ0v) is 14.6. The summed E-state index contributed by atoms with van der Waals surface area (Å²) in [4.78, 5) is 19.0. The largest absolute Gasteiger partial charge is 0.355 e. The number of nitrogens with two attached hydrogens (primary N) is 1. The third-order valence-corrected chi connectivity index (χ3v) is 4.37. The van der Waals surface area contributed by atoms with Gasteiger partial charge in [0.2, 0.25) is 5.91 Å². The topological polar surface area (TPSA) is 71.2 Å². The van der Waals surface area contributed by atoms with Crippen LogP contribution in [0.3, 0.4) is 0 Å². The van der Waals surface area contributed by atoms with Crippen molar-refractivity contribution >= 4 is 29.2 Å². The molecule has 0 radical (unpaired) electrons. The standard InChI is InChI=1S/C18H24N4O.ClH/c19-7-8-20-18(23)16-5-3-9-22(13-16)12-14-10-15-4-1-2-6-17(15)21-11-14;/h1-2,4,6,10-11,16H,3,5,7-9,12-13,19H2,(H,20,23);1H. The van der Waals surface area contributed by atoms with Crippen molar-refractivity contribution in [1.29, 1.82) is 0 Å². The van der Waals surface area contributed by atoms with Crippen molar-refractivity contribution < 1.29 is 4.79 Å². The van der Waals surface area contributed by atoms with Gasteiger partial charge < -0.3 is 11.1 Å². The predicted molar refractivity (Wildman–Crippen MR) is 99.1 cm³/mol. The van der Waals surface area contributed by atoms with E-state index in [0.29, 0.717) is 13.1 Å². The van der Waals surface area contributed by atoms with E-state index in [1.165, 1.54) is 10.9 Å². The van der Waals surface area contributed by atoms with Crippen molar-refractivity contribution in [2.75, 3.05) is 26.2 Å². The zero-order chi connectivity index (χ0) is 16.1. The minimum Gasteiger partial charge on any atom is -0.355 e. The third kappa shape index (κ3) is 4.66. The van der Waals surface area contributed by atoms with Crippen LogP contribution in [0.5, 0.6) is 0 Å². The molecule has 1 fully saturated rings. The predicted octanol–water partition coefficient (Wildman–Crippen LogP) is 1.94. The van der Waals surface area contributed by atoms with Gasteiger partial charge in [-0.2, -0.15) is 0 Å². The van der Waals surface area contributed by atoms with E-state index in [0.717, 1.165) is 38.0 Å². The van der Waals surface area contributed by atoms with Crippen LogP contribution in [0.15, 0.2) is 36.5 Å². The Labute approximate surface area is 149 Å². The summed E-state index contributed by atoms with van der Waals surface area (Å²) in [6.07, 6.45) is 3.96. The van der Waals surface area contributed by atoms with Crippen molar-refractivity contribution in [3.63, 3.8) is 0 Å². The van der Waals surface area contributed by atoms with Gasteiger partial charge in [0.15, 0.2) is 0 Å². The molecule has 1 saturated heterocycles. The van der Waals surface area contributed by atoms with Gasteiger partial charge in [0.05, 0.1) is 11.4 Å². The molecular weight excluding hydrogens is 324 g/mol. The number of benzene rings is 1. The van der Waals surface area contributed by atoms with Crippen LogP contribution >= 0.6 is 12.4 Å². The SMILES string of the molecule is Cl.NCCNC(=O)C1CCCN(Cc2cnc3ccccc3c2)C1. The minimum absolute atomic E-state index is 0. The molecule has 24 heavy (non-hydrogen) atoms. The fourth-order valence-corrected chi connectivity index (χ4v) is 3.21. The number of carbonyl (C=O) groups is 1. The Morgan fingerprint density at radius 3 is 3.04 bits per heavy atom. The van der Waals surface area contributed by atoms with Gasteiger partial charge in [-0.25, -0.2) is 0 Å². The second-order valence-electron chi connectivity index (χ2n) is 6.19. The van der Waals surface area contributed by atoms with E-state index in [1.54, 1.807) is 0 Å². The van der Waals surface area contributed by atoms with E-state index >= 15 is 0 Å². The average Bonchev–Trinajstić information content (AvgIpc) is 2.60. The number of aromatic nitrogens is 1. The van der Waals surface area contributed by atoms with Gasteiger partial charge in [0, 0.05) is 37.8 Å². The van der Waals surface area contributed by atoms with E-state index in [2.05, 4.69) is 27.3 Å². The molecule has 1 atom stereocenters. The van der Waals surface area contributed by atoms with Crippen molar-refractivity contribution in [3.05, 3.63) is 42.1 Å². The fourth-order valence-electron chi connectivity index (χ4n) is 3.21. The first-order chi connectivity index (χ1) is 11.3. The van der Waals surface area contributed by atoms with E-state index in [4.69, 9.17) is 5.73 Å². The molecule has 1 aliphatic heterocycles. The number of likely N-dealkylation sites (tertiary alicyclic amines) is 1. The molecule has 1 unspecified atom stereocenters. The summed E-state index contributed by atoms with van der Waals surface area (Å²) in [7, 11) is 0. The minimum atomic E-state index is 0. The molecule has 1 aromatic heterocycles. The van der Waals surface area contributed by atoms with Gasteiger partial charge in [0.25, 0.3) is 0 Å². The number of fused-ring (bicyclic) bond motifs is 1. The van der Waals surface area contributed by atoms with Crippen LogP contribution in [0.2, 0.25) is 0 Å². The number of nitrogens with zero attached hydrogens (tertiary/aromatic N) is 2. The van der Waals surface area contributed by atoms with E-state index in [-0.39, 0.29) is 24.2 Å². The van der Waals surface area contributed by atoms with Crippen LogP contribution in [0.1, 0.15) is 18.4 Å². The molecule has 0 spiro atoms. The van der Waals surface area contributed by atoms with Gasteiger partial charge in [-0.3, -0.25) is 14.7 Å². The molecule has 3 rings (SSSR count). The lowest BCUT2D eigenvalue weighted by molar-refractivity contribution is -0.126. The maximum absolute atomic E-state index is 12.1. The van der Waals surface area contributed by atoms with E-state index in [1.807, 2.05) is 24.4 Å². The van der Waals surface area contributed by atoms with Crippen LogP contribution in [-0.4, -0.2) is 42.0 Å². The first kappa shape index (κ1) is 18.6. The molecule has 6 heteroatoms. The maximum atomic E-state index is 12.1. The molecule has 0 aliphatic carbocycles. The monoisotopic (exact) mass is 348 g/mol. The summed E-state index contributed by atoms with van der Waals surface area (Å²) in [5.74, 6) is 0.209. The van der Waals surface area contributed by atoms with E-state index in [9.17, 15) is 4.79 Å². The normalized spacial score (nSPS) is 18.1. The highest BCUT2D eigenvalue weighted by Crippen LogP contribution is 2.20. The zero-order valence-electron chi connectivity index (χ0n) is 13.8. The van der Waals surface area contributed by atoms with Crippen LogP contribution in [0, 0.1) is 5.92 Å². The molecule has 1 amide bonds. The molecule has 2 heterocycles. The molecule has 5 nitrogen and oxygen atoms in total. The van der Waals surface area contributed by atoms with Crippen LogP contribution in [0.25, 0.3) is 10.9 Å². The number of halogens is 1. The van der Waals surface area contributed by atoms with E-state index < -0.39 is 0 Å². The number of para-hydroxylation sites is 1. The lowest BCUT2D eigenvalue weighted by atomic mass is 9.96. The summed E-state index contributed by atoms with van der Waals surface area (Å²) in [5.41, 5.74) is 7.67. The molecule has 1 aromatic carbocycles. The first-order valence-corrected chi connectivity index (χ1v) is 8.30. The van der Waals surface area contributed by atoms with Gasteiger partial charge in [-0.05, 0) is 37.1 Å². The summed E-state index contributed by atoms with van der Waals surface area (Å²) in [6.45, 7) is 3.74. The number of nitrogens with one attached hydrogen (secondary N) is 1. The third-order valence-electron chi connectivity index (χ3n) is 4.37. The average molecular weight is 349 g/mol. The molecule has 0 saturated carbocycles. The molecule has 130 valence electrons. The summed E-state index contributed by atoms with van der Waals surface area (Å²) in [5, 5.41) is 4.07. The Morgan fingerprint density at radius 1 is 1.38 bits per heavy atom. The number of hydrogen-bond donors (Lipinski definition) is 2. The van der Waals surface area contributed by atoms with Crippen molar-refractivity contribution in [1.82, 2.24) is 15.2 Å². The Kier molecular flexibility index (Phi) is 6.97. The van der Waals surface area contributed by atoms with Crippen molar-refractivity contribution in [3.8, 4) is 0 Å². The molecule has 3 N–H and O–H groups in total.